The minimum Gasteiger partial charge on any atom is -0.337 e. The van der Waals surface area contributed by atoms with E-state index in [-0.39, 0.29) is 5.91 Å². The molecule has 1 amide bonds. The fourth-order valence-electron chi connectivity index (χ4n) is 3.54. The van der Waals surface area contributed by atoms with E-state index in [2.05, 4.69) is 40.4 Å². The van der Waals surface area contributed by atoms with Crippen molar-refractivity contribution in [2.24, 2.45) is 13.0 Å². The second kappa shape index (κ2) is 8.49. The molecule has 1 saturated heterocycles. The molecule has 2 aromatic rings. The van der Waals surface area contributed by atoms with Crippen molar-refractivity contribution in [3.05, 3.63) is 53.6 Å². The normalized spacial score (nSPS) is 16.1. The Morgan fingerprint density at radius 3 is 2.54 bits per heavy atom. The zero-order chi connectivity index (χ0) is 18.5. The molecule has 0 atom stereocenters. The largest absolute Gasteiger partial charge is 0.337 e. The van der Waals surface area contributed by atoms with Gasteiger partial charge in [-0.3, -0.25) is 9.69 Å². The number of hydrogen-bond donors (Lipinski definition) is 0. The van der Waals surface area contributed by atoms with Crippen LogP contribution in [-0.2, 0) is 20.0 Å². The van der Waals surface area contributed by atoms with Crippen LogP contribution in [0.1, 0.15) is 41.9 Å². The molecule has 0 saturated carbocycles. The maximum atomic E-state index is 12.9. The third-order valence-electron chi connectivity index (χ3n) is 5.02. The Morgan fingerprint density at radius 2 is 1.88 bits per heavy atom. The number of carbonyl (C=O) groups is 1. The fraction of sp³-hybridized carbons (Fsp3) is 0.524. The Hall–Kier alpha value is -2.14. The van der Waals surface area contributed by atoms with Gasteiger partial charge >= 0.3 is 0 Å². The summed E-state index contributed by atoms with van der Waals surface area (Å²) in [6.07, 6.45) is 5.83. The van der Waals surface area contributed by atoms with Gasteiger partial charge in [-0.05, 0) is 36.5 Å². The van der Waals surface area contributed by atoms with Gasteiger partial charge in [-0.2, -0.15) is 0 Å². The Bertz CT molecular complexity index is 720. The minimum atomic E-state index is 0.156. The molecule has 0 bridgehead atoms. The van der Waals surface area contributed by atoms with E-state index >= 15 is 0 Å². The van der Waals surface area contributed by atoms with Crippen molar-refractivity contribution in [2.45, 2.75) is 33.2 Å². The lowest BCUT2D eigenvalue weighted by Crippen LogP contribution is -2.35. The first kappa shape index (κ1) is 18.6. The summed E-state index contributed by atoms with van der Waals surface area (Å²) in [7, 11) is 2.03. The van der Waals surface area contributed by atoms with Gasteiger partial charge in [-0.15, -0.1) is 0 Å². The van der Waals surface area contributed by atoms with Crippen LogP contribution in [0, 0.1) is 5.92 Å². The maximum absolute atomic E-state index is 12.9. The highest BCUT2D eigenvalue weighted by Gasteiger charge is 2.20. The van der Waals surface area contributed by atoms with Gasteiger partial charge < -0.3 is 9.47 Å². The average Bonchev–Trinajstić information content (AvgIpc) is 2.88. The quantitative estimate of drug-likeness (QED) is 0.829. The molecule has 1 aromatic carbocycles. The van der Waals surface area contributed by atoms with Crippen LogP contribution < -0.4 is 0 Å². The minimum absolute atomic E-state index is 0.156. The van der Waals surface area contributed by atoms with Gasteiger partial charge in [0.2, 0.25) is 0 Å². The van der Waals surface area contributed by atoms with Crippen LogP contribution in [0.4, 0.5) is 0 Å². The first-order valence-electron chi connectivity index (χ1n) is 9.58. The van der Waals surface area contributed by atoms with Gasteiger partial charge in [-0.25, -0.2) is 4.98 Å². The molecule has 1 aliphatic heterocycles. The molecule has 0 aliphatic carbocycles. The molecule has 1 fully saturated rings. The molecule has 5 heteroatoms. The van der Waals surface area contributed by atoms with E-state index in [4.69, 9.17) is 0 Å². The van der Waals surface area contributed by atoms with E-state index in [1.165, 1.54) is 11.3 Å². The van der Waals surface area contributed by atoms with Crippen molar-refractivity contribution < 1.29 is 4.79 Å². The van der Waals surface area contributed by atoms with Crippen LogP contribution in [0.2, 0.25) is 0 Å². The Balaban J connectivity index is 1.58. The van der Waals surface area contributed by atoms with Crippen LogP contribution in [0.5, 0.6) is 0 Å². The van der Waals surface area contributed by atoms with Crippen LogP contribution in [0.3, 0.4) is 0 Å². The molecule has 0 radical (unpaired) electrons. The van der Waals surface area contributed by atoms with Crippen molar-refractivity contribution in [1.29, 1.82) is 0 Å². The first-order chi connectivity index (χ1) is 12.5. The molecular weight excluding hydrogens is 324 g/mol. The van der Waals surface area contributed by atoms with Crippen molar-refractivity contribution in [2.75, 3.05) is 26.2 Å². The number of aryl methyl sites for hydroxylation is 1. The van der Waals surface area contributed by atoms with Crippen molar-refractivity contribution in [3.8, 4) is 0 Å². The monoisotopic (exact) mass is 354 g/mol. The number of hydrogen-bond acceptors (Lipinski definition) is 3. The standard InChI is InChI=1S/C21H30N4O/c1-17(2)13-18-5-7-19(8-6-18)21(26)25-10-4-9-24(11-12-25)15-20-14-22-16-23(20)3/h5-8,14,16-17H,4,9-13,15H2,1-3H3. The number of aromatic nitrogens is 2. The molecule has 140 valence electrons. The van der Waals surface area contributed by atoms with Gasteiger partial charge in [0, 0.05) is 51.5 Å². The van der Waals surface area contributed by atoms with Gasteiger partial charge in [0.15, 0.2) is 0 Å². The molecule has 1 aliphatic rings. The third-order valence-corrected chi connectivity index (χ3v) is 5.02. The number of benzene rings is 1. The van der Waals surface area contributed by atoms with E-state index < -0.39 is 0 Å². The summed E-state index contributed by atoms with van der Waals surface area (Å²) in [5.74, 6) is 0.788. The number of nitrogens with zero attached hydrogens (tertiary/aromatic N) is 4. The second-order valence-corrected chi connectivity index (χ2v) is 7.71. The summed E-state index contributed by atoms with van der Waals surface area (Å²) in [5.41, 5.74) is 3.32. The van der Waals surface area contributed by atoms with Crippen LogP contribution in [-0.4, -0.2) is 51.4 Å². The molecular formula is C21H30N4O. The van der Waals surface area contributed by atoms with Gasteiger partial charge in [-0.1, -0.05) is 26.0 Å². The third kappa shape index (κ3) is 4.73. The highest BCUT2D eigenvalue weighted by atomic mass is 16.2. The Labute approximate surface area is 156 Å². The summed E-state index contributed by atoms with van der Waals surface area (Å²) in [6.45, 7) is 8.85. The molecule has 0 N–H and O–H groups in total. The van der Waals surface area contributed by atoms with Crippen molar-refractivity contribution in [1.82, 2.24) is 19.4 Å². The molecule has 2 heterocycles. The lowest BCUT2D eigenvalue weighted by atomic mass is 10.0. The molecule has 0 spiro atoms. The topological polar surface area (TPSA) is 41.4 Å². The van der Waals surface area contributed by atoms with Gasteiger partial charge in [0.25, 0.3) is 5.91 Å². The summed E-state index contributed by atoms with van der Waals surface area (Å²) in [5, 5.41) is 0. The van der Waals surface area contributed by atoms with E-state index in [9.17, 15) is 4.79 Å². The van der Waals surface area contributed by atoms with Crippen molar-refractivity contribution in [3.63, 3.8) is 0 Å². The fourth-order valence-corrected chi connectivity index (χ4v) is 3.54. The lowest BCUT2D eigenvalue weighted by Gasteiger charge is -2.22. The Morgan fingerprint density at radius 1 is 1.12 bits per heavy atom. The SMILES string of the molecule is CC(C)Cc1ccc(C(=O)N2CCCN(Cc3cncn3C)CC2)cc1. The first-order valence-corrected chi connectivity index (χ1v) is 9.58. The highest BCUT2D eigenvalue weighted by Crippen LogP contribution is 2.14. The number of imidazole rings is 1. The van der Waals surface area contributed by atoms with Crippen LogP contribution in [0.25, 0.3) is 0 Å². The maximum Gasteiger partial charge on any atom is 0.253 e. The van der Waals surface area contributed by atoms with Crippen LogP contribution >= 0.6 is 0 Å². The molecule has 0 unspecified atom stereocenters. The predicted molar refractivity (Wildman–Crippen MR) is 104 cm³/mol. The number of carbonyl (C=O) groups excluding carboxylic acids is 1. The number of amides is 1. The molecule has 26 heavy (non-hydrogen) atoms. The zero-order valence-electron chi connectivity index (χ0n) is 16.2. The zero-order valence-corrected chi connectivity index (χ0v) is 16.2. The number of rotatable bonds is 5. The molecule has 5 nitrogen and oxygen atoms in total. The van der Waals surface area contributed by atoms with Crippen LogP contribution in [0.15, 0.2) is 36.8 Å². The van der Waals surface area contributed by atoms with Gasteiger partial charge in [0.05, 0.1) is 12.0 Å². The highest BCUT2D eigenvalue weighted by molar-refractivity contribution is 5.94. The second-order valence-electron chi connectivity index (χ2n) is 7.71. The van der Waals surface area contributed by atoms with E-state index in [0.717, 1.165) is 51.1 Å². The van der Waals surface area contributed by atoms with E-state index in [0.29, 0.717) is 5.92 Å². The molecule has 1 aromatic heterocycles. The predicted octanol–water partition coefficient (Wildman–Crippen LogP) is 2.97. The molecule has 3 rings (SSSR count). The van der Waals surface area contributed by atoms with Gasteiger partial charge in [0.1, 0.15) is 0 Å². The summed E-state index contributed by atoms with van der Waals surface area (Å²) < 4.78 is 2.06. The average molecular weight is 354 g/mol. The summed E-state index contributed by atoms with van der Waals surface area (Å²) >= 11 is 0. The van der Waals surface area contributed by atoms with E-state index in [1.54, 1.807) is 0 Å². The Kier molecular flexibility index (Phi) is 6.09. The van der Waals surface area contributed by atoms with E-state index in [1.807, 2.05) is 36.6 Å². The summed E-state index contributed by atoms with van der Waals surface area (Å²) in [6, 6.07) is 8.16. The smallest absolute Gasteiger partial charge is 0.253 e. The summed E-state index contributed by atoms with van der Waals surface area (Å²) in [4.78, 5) is 21.5. The van der Waals surface area contributed by atoms with Crippen molar-refractivity contribution >= 4 is 5.91 Å². The lowest BCUT2D eigenvalue weighted by molar-refractivity contribution is 0.0761.